The molecule has 3 heteroatoms. The van der Waals surface area contributed by atoms with Crippen LogP contribution in [0.2, 0.25) is 0 Å². The van der Waals surface area contributed by atoms with Gasteiger partial charge in [-0.3, -0.25) is 4.79 Å². The van der Waals surface area contributed by atoms with Crippen molar-refractivity contribution in [1.29, 1.82) is 5.26 Å². The molecule has 76 valence electrons. The van der Waals surface area contributed by atoms with Gasteiger partial charge >= 0.3 is 5.97 Å². The zero-order valence-corrected chi connectivity index (χ0v) is 8.38. The first kappa shape index (κ1) is 11.0. The van der Waals surface area contributed by atoms with Crippen LogP contribution < -0.4 is 0 Å². The van der Waals surface area contributed by atoms with Crippen molar-refractivity contribution in [3.05, 3.63) is 48.0 Å². The number of rotatable bonds is 3. The average Bonchev–Trinajstić information content (AvgIpc) is 2.25. The third-order valence-corrected chi connectivity index (χ3v) is 1.77. The summed E-state index contributed by atoms with van der Waals surface area (Å²) in [6, 6.07) is 11.1. The fraction of sp³-hybridized carbons (Fsp3) is 0.167. The molecule has 0 amide bonds. The Labute approximate surface area is 88.6 Å². The van der Waals surface area contributed by atoms with Gasteiger partial charge in [0, 0.05) is 13.0 Å². The van der Waals surface area contributed by atoms with E-state index in [1.54, 1.807) is 6.08 Å². The van der Waals surface area contributed by atoms with E-state index >= 15 is 0 Å². The maximum atomic E-state index is 10.9. The number of esters is 1. The highest BCUT2D eigenvalue weighted by molar-refractivity contribution is 5.66. The van der Waals surface area contributed by atoms with Crippen LogP contribution in [0.15, 0.2) is 42.5 Å². The predicted octanol–water partition coefficient (Wildman–Crippen LogP) is 2.37. The lowest BCUT2D eigenvalue weighted by molar-refractivity contribution is -0.144. The molecule has 3 nitrogen and oxygen atoms in total. The molecule has 1 atom stereocenters. The quantitative estimate of drug-likeness (QED) is 0.557. The Balaban J connectivity index is 2.87. The van der Waals surface area contributed by atoms with Crippen LogP contribution in [-0.2, 0) is 9.53 Å². The molecule has 1 aromatic carbocycles. The first-order chi connectivity index (χ1) is 7.24. The van der Waals surface area contributed by atoms with Gasteiger partial charge in [-0.15, -0.1) is 0 Å². The molecule has 0 N–H and O–H groups in total. The Kier molecular flexibility index (Phi) is 4.11. The second-order valence-corrected chi connectivity index (χ2v) is 2.93. The molecular weight excluding hydrogens is 190 g/mol. The van der Waals surface area contributed by atoms with Gasteiger partial charge in [0.1, 0.15) is 6.10 Å². The highest BCUT2D eigenvalue weighted by atomic mass is 16.5. The largest absolute Gasteiger partial charge is 0.453 e. The lowest BCUT2D eigenvalue weighted by atomic mass is 10.1. The topological polar surface area (TPSA) is 50.1 Å². The van der Waals surface area contributed by atoms with E-state index in [-0.39, 0.29) is 5.97 Å². The maximum absolute atomic E-state index is 10.9. The standard InChI is InChI=1S/C12H11NO2/c1-10(14)15-12(8-5-9-13)11-6-3-2-4-7-11/h2-8,12H,1H3. The molecule has 0 heterocycles. The second kappa shape index (κ2) is 5.61. The smallest absolute Gasteiger partial charge is 0.303 e. The first-order valence-electron chi connectivity index (χ1n) is 4.52. The zero-order chi connectivity index (χ0) is 11.1. The number of nitriles is 1. The Morgan fingerprint density at radius 2 is 2.13 bits per heavy atom. The Morgan fingerprint density at radius 3 is 2.67 bits per heavy atom. The molecule has 15 heavy (non-hydrogen) atoms. The summed E-state index contributed by atoms with van der Waals surface area (Å²) < 4.78 is 5.06. The van der Waals surface area contributed by atoms with E-state index in [1.165, 1.54) is 13.0 Å². The normalized spacial score (nSPS) is 12.0. The lowest BCUT2D eigenvalue weighted by Gasteiger charge is -2.12. The number of carbonyl (C=O) groups is 1. The van der Waals surface area contributed by atoms with Crippen molar-refractivity contribution in [2.75, 3.05) is 0 Å². The molecule has 0 aromatic heterocycles. The fourth-order valence-corrected chi connectivity index (χ4v) is 1.17. The van der Waals surface area contributed by atoms with E-state index in [2.05, 4.69) is 0 Å². The van der Waals surface area contributed by atoms with Crippen LogP contribution in [0.5, 0.6) is 0 Å². The van der Waals surface area contributed by atoms with Crippen molar-refractivity contribution in [3.8, 4) is 6.07 Å². The number of hydrogen-bond acceptors (Lipinski definition) is 3. The fourth-order valence-electron chi connectivity index (χ4n) is 1.17. The van der Waals surface area contributed by atoms with Gasteiger partial charge < -0.3 is 4.74 Å². The summed E-state index contributed by atoms with van der Waals surface area (Å²) in [5.74, 6) is -0.369. The van der Waals surface area contributed by atoms with Crippen molar-refractivity contribution in [1.82, 2.24) is 0 Å². The average molecular weight is 201 g/mol. The molecule has 0 saturated carbocycles. The number of benzene rings is 1. The highest BCUT2D eigenvalue weighted by Crippen LogP contribution is 2.18. The molecule has 1 aromatic rings. The van der Waals surface area contributed by atoms with Crippen molar-refractivity contribution >= 4 is 5.97 Å². The van der Waals surface area contributed by atoms with E-state index in [1.807, 2.05) is 36.4 Å². The van der Waals surface area contributed by atoms with E-state index in [0.29, 0.717) is 0 Å². The number of allylic oxidation sites excluding steroid dienone is 1. The van der Waals surface area contributed by atoms with Crippen LogP contribution >= 0.6 is 0 Å². The molecule has 1 rings (SSSR count). The Morgan fingerprint density at radius 1 is 1.47 bits per heavy atom. The van der Waals surface area contributed by atoms with Crippen molar-refractivity contribution in [2.45, 2.75) is 13.0 Å². The van der Waals surface area contributed by atoms with Crippen molar-refractivity contribution in [2.24, 2.45) is 0 Å². The SMILES string of the molecule is CC(=O)OC(C=CC#N)c1ccccc1. The maximum Gasteiger partial charge on any atom is 0.303 e. The van der Waals surface area contributed by atoms with Gasteiger partial charge in [0.15, 0.2) is 0 Å². The van der Waals surface area contributed by atoms with Crippen LogP contribution in [0.25, 0.3) is 0 Å². The molecule has 0 aliphatic heterocycles. The van der Waals surface area contributed by atoms with Gasteiger partial charge in [-0.25, -0.2) is 0 Å². The minimum Gasteiger partial charge on any atom is -0.453 e. The molecule has 0 fully saturated rings. The van der Waals surface area contributed by atoms with Gasteiger partial charge in [-0.1, -0.05) is 30.3 Å². The number of hydrogen-bond donors (Lipinski definition) is 0. The van der Waals surface area contributed by atoms with E-state index in [0.717, 1.165) is 5.56 Å². The predicted molar refractivity (Wildman–Crippen MR) is 55.7 cm³/mol. The summed E-state index contributed by atoms with van der Waals surface area (Å²) in [7, 11) is 0. The van der Waals surface area contributed by atoms with Crippen LogP contribution in [0.3, 0.4) is 0 Å². The van der Waals surface area contributed by atoms with Crippen molar-refractivity contribution in [3.63, 3.8) is 0 Å². The summed E-state index contributed by atoms with van der Waals surface area (Å²) in [5.41, 5.74) is 0.846. The highest BCUT2D eigenvalue weighted by Gasteiger charge is 2.09. The molecule has 0 aliphatic rings. The first-order valence-corrected chi connectivity index (χ1v) is 4.52. The van der Waals surface area contributed by atoms with Crippen LogP contribution in [0.1, 0.15) is 18.6 Å². The van der Waals surface area contributed by atoms with Gasteiger partial charge in [-0.05, 0) is 11.6 Å². The van der Waals surface area contributed by atoms with E-state index < -0.39 is 6.10 Å². The summed E-state index contributed by atoms with van der Waals surface area (Å²) >= 11 is 0. The summed E-state index contributed by atoms with van der Waals surface area (Å²) in [6.45, 7) is 1.34. The number of nitrogens with zero attached hydrogens (tertiary/aromatic N) is 1. The van der Waals surface area contributed by atoms with E-state index in [4.69, 9.17) is 10.00 Å². The van der Waals surface area contributed by atoms with Gasteiger partial charge in [-0.2, -0.15) is 5.26 Å². The summed E-state index contributed by atoms with van der Waals surface area (Å²) in [6.07, 6.45) is 2.38. The van der Waals surface area contributed by atoms with Crippen LogP contribution in [-0.4, -0.2) is 5.97 Å². The minimum absolute atomic E-state index is 0.369. The van der Waals surface area contributed by atoms with Crippen LogP contribution in [0.4, 0.5) is 0 Å². The van der Waals surface area contributed by atoms with Crippen LogP contribution in [0, 0.1) is 11.3 Å². The molecule has 0 radical (unpaired) electrons. The molecule has 0 aliphatic carbocycles. The Hall–Kier alpha value is -2.08. The minimum atomic E-state index is -0.483. The monoisotopic (exact) mass is 201 g/mol. The third kappa shape index (κ3) is 3.65. The number of ether oxygens (including phenoxy) is 1. The third-order valence-electron chi connectivity index (χ3n) is 1.77. The summed E-state index contributed by atoms with van der Waals surface area (Å²) in [5, 5.41) is 8.42. The van der Waals surface area contributed by atoms with Gasteiger partial charge in [0.05, 0.1) is 6.07 Å². The molecular formula is C12H11NO2. The number of carbonyl (C=O) groups excluding carboxylic acids is 1. The zero-order valence-electron chi connectivity index (χ0n) is 8.38. The molecule has 0 bridgehead atoms. The second-order valence-electron chi connectivity index (χ2n) is 2.93. The Bertz CT molecular complexity index is 390. The van der Waals surface area contributed by atoms with Gasteiger partial charge in [0.2, 0.25) is 0 Å². The van der Waals surface area contributed by atoms with E-state index in [9.17, 15) is 4.79 Å². The molecule has 1 unspecified atom stereocenters. The summed E-state index contributed by atoms with van der Waals surface area (Å²) in [4.78, 5) is 10.9. The van der Waals surface area contributed by atoms with Gasteiger partial charge in [0.25, 0.3) is 0 Å². The molecule has 0 saturated heterocycles. The lowest BCUT2D eigenvalue weighted by Crippen LogP contribution is -2.05. The molecule has 0 spiro atoms. The van der Waals surface area contributed by atoms with Crippen molar-refractivity contribution < 1.29 is 9.53 Å².